The van der Waals surface area contributed by atoms with Gasteiger partial charge in [0.2, 0.25) is 10.0 Å². The molecule has 0 aromatic heterocycles. The van der Waals surface area contributed by atoms with Crippen LogP contribution in [-0.2, 0) is 14.8 Å². The van der Waals surface area contributed by atoms with Crippen LogP contribution in [0.4, 0.5) is 16.2 Å². The third kappa shape index (κ3) is 7.28. The Morgan fingerprint density at radius 1 is 1.23 bits per heavy atom. The second kappa shape index (κ2) is 10.7. The number of nitrogens with zero attached hydrogens (tertiary/aromatic N) is 3. The first-order valence-corrected chi connectivity index (χ1v) is 13.6. The lowest BCUT2D eigenvalue weighted by atomic mass is 9.84. The molecule has 1 amide bonds. The molecular formula is C23H37N5O6S. The van der Waals surface area contributed by atoms with E-state index in [-0.39, 0.29) is 28.4 Å². The molecule has 3 N–H and O–H groups in total. The minimum Gasteiger partial charge on any atom is -0.444 e. The Balaban J connectivity index is 1.50. The van der Waals surface area contributed by atoms with E-state index in [2.05, 4.69) is 17.1 Å². The fourth-order valence-electron chi connectivity index (χ4n) is 4.87. The number of ether oxygens (including phenoxy) is 1. The molecule has 1 aromatic rings. The smallest absolute Gasteiger partial charge is 0.410 e. The Bertz CT molecular complexity index is 1030. The maximum absolute atomic E-state index is 12.5. The zero-order chi connectivity index (χ0) is 26.0. The molecule has 0 unspecified atom stereocenters. The van der Waals surface area contributed by atoms with Crippen molar-refractivity contribution in [2.24, 2.45) is 11.1 Å². The first-order valence-electron chi connectivity index (χ1n) is 12.0. The van der Waals surface area contributed by atoms with Gasteiger partial charge in [-0.3, -0.25) is 15.0 Å². The Labute approximate surface area is 207 Å². The number of hydrogen-bond acceptors (Lipinski definition) is 8. The summed E-state index contributed by atoms with van der Waals surface area (Å²) in [4.78, 5) is 27.3. The Morgan fingerprint density at radius 2 is 1.89 bits per heavy atom. The second-order valence-electron chi connectivity index (χ2n) is 10.6. The van der Waals surface area contributed by atoms with Gasteiger partial charge in [0, 0.05) is 44.3 Å². The largest absolute Gasteiger partial charge is 0.444 e. The summed E-state index contributed by atoms with van der Waals surface area (Å²) in [7, 11) is -4.01. The topological polar surface area (TPSA) is 148 Å². The van der Waals surface area contributed by atoms with Crippen LogP contribution in [-0.4, -0.2) is 73.1 Å². The van der Waals surface area contributed by atoms with Crippen LogP contribution in [0, 0.1) is 16.0 Å². The van der Waals surface area contributed by atoms with E-state index in [4.69, 9.17) is 9.88 Å². The van der Waals surface area contributed by atoms with E-state index in [0.29, 0.717) is 25.0 Å². The summed E-state index contributed by atoms with van der Waals surface area (Å²) in [6.45, 7) is 10.5. The van der Waals surface area contributed by atoms with Crippen molar-refractivity contribution in [3.8, 4) is 0 Å². The van der Waals surface area contributed by atoms with Crippen molar-refractivity contribution in [2.75, 3.05) is 31.5 Å². The Hall–Kier alpha value is -2.44. The molecule has 0 spiro atoms. The van der Waals surface area contributed by atoms with Gasteiger partial charge in [0.15, 0.2) is 0 Å². The highest BCUT2D eigenvalue weighted by atomic mass is 32.2. The lowest BCUT2D eigenvalue weighted by molar-refractivity contribution is -0.384. The molecule has 11 nitrogen and oxygen atoms in total. The fourth-order valence-corrected chi connectivity index (χ4v) is 5.40. The summed E-state index contributed by atoms with van der Waals surface area (Å²) in [5, 5.41) is 19.7. The Kier molecular flexibility index (Phi) is 8.28. The van der Waals surface area contributed by atoms with Crippen LogP contribution in [0.15, 0.2) is 23.1 Å². The molecule has 1 saturated heterocycles. The van der Waals surface area contributed by atoms with Crippen molar-refractivity contribution in [2.45, 2.75) is 76.0 Å². The highest BCUT2D eigenvalue weighted by Gasteiger charge is 2.34. The molecule has 35 heavy (non-hydrogen) atoms. The summed E-state index contributed by atoms with van der Waals surface area (Å²) in [6, 6.07) is 4.21. The predicted molar refractivity (Wildman–Crippen MR) is 133 cm³/mol. The number of amides is 1. The summed E-state index contributed by atoms with van der Waals surface area (Å²) in [5.41, 5.74) is -0.524. The molecule has 1 heterocycles. The number of nitro groups is 1. The van der Waals surface area contributed by atoms with E-state index < -0.39 is 20.5 Å². The van der Waals surface area contributed by atoms with Crippen molar-refractivity contribution in [3.05, 3.63) is 28.3 Å². The summed E-state index contributed by atoms with van der Waals surface area (Å²) < 4.78 is 28.6. The number of carbonyl (C=O) groups is 1. The van der Waals surface area contributed by atoms with Crippen molar-refractivity contribution in [1.82, 2.24) is 9.80 Å². The molecule has 1 saturated carbocycles. The molecule has 1 atom stereocenters. The van der Waals surface area contributed by atoms with E-state index in [0.717, 1.165) is 44.8 Å². The molecule has 1 aromatic carbocycles. The number of nitrogens with two attached hydrogens (primary N) is 1. The van der Waals surface area contributed by atoms with Crippen LogP contribution in [0.25, 0.3) is 0 Å². The summed E-state index contributed by atoms with van der Waals surface area (Å²) >= 11 is 0. The third-order valence-corrected chi connectivity index (χ3v) is 7.61. The van der Waals surface area contributed by atoms with E-state index in [9.17, 15) is 23.3 Å². The number of sulfonamides is 1. The van der Waals surface area contributed by atoms with Gasteiger partial charge in [-0.05, 0) is 71.4 Å². The number of anilines is 1. The summed E-state index contributed by atoms with van der Waals surface area (Å²) in [6.07, 6.45) is 3.77. The SMILES string of the molecule is C[C@H]1CN([C@H]2CC[C@@H](CNc3ccc(S(N)(=O)=O)cc3[N+](=O)[O-])CC2)CCN1C(=O)OC(C)(C)C. The van der Waals surface area contributed by atoms with Crippen LogP contribution >= 0.6 is 0 Å². The van der Waals surface area contributed by atoms with Crippen LogP contribution < -0.4 is 10.5 Å². The minimum atomic E-state index is -4.01. The lowest BCUT2D eigenvalue weighted by Gasteiger charge is -2.45. The molecule has 1 aliphatic carbocycles. The monoisotopic (exact) mass is 511 g/mol. The number of nitro benzene ring substituents is 1. The van der Waals surface area contributed by atoms with Crippen molar-refractivity contribution in [3.63, 3.8) is 0 Å². The molecule has 0 radical (unpaired) electrons. The molecule has 1 aliphatic heterocycles. The van der Waals surface area contributed by atoms with Gasteiger partial charge in [-0.25, -0.2) is 18.4 Å². The fraction of sp³-hybridized carbons (Fsp3) is 0.696. The number of primary sulfonamides is 1. The quantitative estimate of drug-likeness (QED) is 0.437. The third-order valence-electron chi connectivity index (χ3n) is 6.70. The molecule has 2 aliphatic rings. The van der Waals surface area contributed by atoms with E-state index in [1.54, 1.807) is 0 Å². The summed E-state index contributed by atoms with van der Waals surface area (Å²) in [5.74, 6) is 0.365. The number of nitrogens with one attached hydrogen (secondary N) is 1. The van der Waals surface area contributed by atoms with Gasteiger partial charge in [-0.2, -0.15) is 0 Å². The first kappa shape index (κ1) is 27.2. The maximum atomic E-state index is 12.5. The van der Waals surface area contributed by atoms with E-state index >= 15 is 0 Å². The molecule has 12 heteroatoms. The predicted octanol–water partition coefficient (Wildman–Crippen LogP) is 3.15. The standard InChI is InChI=1S/C23H37N5O6S/c1-16-15-26(11-12-27(16)22(29)34-23(2,3)4)18-7-5-17(6-8-18)14-25-20-10-9-19(35(24,32)33)13-21(20)28(30)31/h9-10,13,16-18,25H,5-8,11-12,14-15H2,1-4H3,(H2,24,32,33)/t16-,17-,18+/m0/s1. The van der Waals surface area contributed by atoms with Gasteiger partial charge >= 0.3 is 6.09 Å². The number of carbonyl (C=O) groups excluding carboxylic acids is 1. The van der Waals surface area contributed by atoms with Gasteiger partial charge in [-0.15, -0.1) is 0 Å². The van der Waals surface area contributed by atoms with Gasteiger partial charge in [0.1, 0.15) is 11.3 Å². The average molecular weight is 512 g/mol. The van der Waals surface area contributed by atoms with Gasteiger partial charge in [0.05, 0.1) is 9.82 Å². The molecule has 3 rings (SSSR count). The lowest BCUT2D eigenvalue weighted by Crippen LogP contribution is -2.57. The molecule has 2 fully saturated rings. The number of piperazine rings is 1. The highest BCUT2D eigenvalue weighted by molar-refractivity contribution is 7.89. The normalized spacial score (nSPS) is 24.1. The van der Waals surface area contributed by atoms with Crippen LogP contribution in [0.3, 0.4) is 0 Å². The van der Waals surface area contributed by atoms with Crippen LogP contribution in [0.1, 0.15) is 53.4 Å². The first-order chi connectivity index (χ1) is 16.2. The maximum Gasteiger partial charge on any atom is 0.410 e. The van der Waals surface area contributed by atoms with E-state index in [1.807, 2.05) is 25.7 Å². The highest BCUT2D eigenvalue weighted by Crippen LogP contribution is 2.32. The van der Waals surface area contributed by atoms with Crippen molar-refractivity contribution in [1.29, 1.82) is 0 Å². The Morgan fingerprint density at radius 3 is 2.43 bits per heavy atom. The minimum absolute atomic E-state index is 0.0823. The van der Waals surface area contributed by atoms with Gasteiger partial charge < -0.3 is 15.0 Å². The average Bonchev–Trinajstić information content (AvgIpc) is 2.76. The number of hydrogen-bond donors (Lipinski definition) is 2. The van der Waals surface area contributed by atoms with Crippen LogP contribution in [0.2, 0.25) is 0 Å². The van der Waals surface area contributed by atoms with Crippen LogP contribution in [0.5, 0.6) is 0 Å². The zero-order valence-electron chi connectivity index (χ0n) is 20.9. The second-order valence-corrected chi connectivity index (χ2v) is 12.1. The van der Waals surface area contributed by atoms with E-state index in [1.165, 1.54) is 12.1 Å². The van der Waals surface area contributed by atoms with Crippen molar-refractivity contribution >= 4 is 27.5 Å². The number of benzene rings is 1. The van der Waals surface area contributed by atoms with Gasteiger partial charge in [-0.1, -0.05) is 0 Å². The van der Waals surface area contributed by atoms with Gasteiger partial charge in [0.25, 0.3) is 5.69 Å². The zero-order valence-corrected chi connectivity index (χ0v) is 21.7. The molecular weight excluding hydrogens is 474 g/mol. The molecule has 0 bridgehead atoms. The van der Waals surface area contributed by atoms with Crippen molar-refractivity contribution < 1.29 is 22.9 Å². The number of rotatable bonds is 6. The molecule has 196 valence electrons.